The van der Waals surface area contributed by atoms with E-state index in [1.165, 1.54) is 69.4 Å². The molecule has 2 aliphatic carbocycles. The highest BCUT2D eigenvalue weighted by atomic mass is 15.4. The fourth-order valence-corrected chi connectivity index (χ4v) is 6.10. The molecule has 2 saturated carbocycles. The molecule has 5 nitrogen and oxygen atoms in total. The first-order valence-corrected chi connectivity index (χ1v) is 12.2. The van der Waals surface area contributed by atoms with E-state index in [9.17, 15) is 0 Å². The summed E-state index contributed by atoms with van der Waals surface area (Å²) in [6.07, 6.45) is 8.37. The molecule has 0 bridgehead atoms. The smallest absolute Gasteiger partial charge is 0.221 e. The Kier molecular flexibility index (Phi) is 4.32. The minimum Gasteiger partial charge on any atom is -0.316 e. The third kappa shape index (κ3) is 2.87. The van der Waals surface area contributed by atoms with Gasteiger partial charge in [0.25, 0.3) is 0 Å². The van der Waals surface area contributed by atoms with E-state index in [4.69, 9.17) is 9.97 Å². The van der Waals surface area contributed by atoms with Gasteiger partial charge in [-0.25, -0.2) is 9.97 Å². The van der Waals surface area contributed by atoms with E-state index >= 15 is 0 Å². The number of quaternary nitrogens is 1. The number of hydrogen-bond donors (Lipinski definition) is 0. The molecule has 0 spiro atoms. The zero-order valence-electron chi connectivity index (χ0n) is 20.0. The Hall–Kier alpha value is -2.66. The molecule has 1 aromatic carbocycles. The highest BCUT2D eigenvalue weighted by Crippen LogP contribution is 2.45. The molecule has 166 valence electrons. The van der Waals surface area contributed by atoms with E-state index < -0.39 is 0 Å². The standard InChI is InChI=1S/C27H34N5/c1-6-22-24(16-32(5,20-9-10-20)21-11-12-21)30-23-8-7-13-28-26(23)31(27(30)29-22)25-18(3)14-17(2)15-19(25)4/h7-8,13-15,20-21H,6,9-12,16H2,1-5H3/q+1. The summed E-state index contributed by atoms with van der Waals surface area (Å²) in [5.74, 6) is 1.01. The van der Waals surface area contributed by atoms with Crippen LogP contribution in [0.1, 0.15) is 60.7 Å². The Morgan fingerprint density at radius 1 is 1.03 bits per heavy atom. The number of hydrogen-bond acceptors (Lipinski definition) is 2. The molecule has 3 aromatic heterocycles. The molecule has 0 N–H and O–H groups in total. The fourth-order valence-electron chi connectivity index (χ4n) is 6.10. The summed E-state index contributed by atoms with van der Waals surface area (Å²) in [7, 11) is 2.50. The highest BCUT2D eigenvalue weighted by molar-refractivity contribution is 5.81. The van der Waals surface area contributed by atoms with Crippen LogP contribution in [0.2, 0.25) is 0 Å². The summed E-state index contributed by atoms with van der Waals surface area (Å²) < 4.78 is 5.93. The maximum absolute atomic E-state index is 5.27. The first-order valence-electron chi connectivity index (χ1n) is 12.2. The Balaban J connectivity index is 1.64. The van der Waals surface area contributed by atoms with Crippen LogP contribution in [0.3, 0.4) is 0 Å². The molecule has 32 heavy (non-hydrogen) atoms. The van der Waals surface area contributed by atoms with Crippen LogP contribution in [0, 0.1) is 20.8 Å². The van der Waals surface area contributed by atoms with Crippen molar-refractivity contribution in [3.8, 4) is 5.69 Å². The van der Waals surface area contributed by atoms with Crippen LogP contribution in [0.4, 0.5) is 0 Å². The summed E-state index contributed by atoms with van der Waals surface area (Å²) >= 11 is 0. The molecule has 3 heterocycles. The summed E-state index contributed by atoms with van der Waals surface area (Å²) in [6.45, 7) is 9.90. The zero-order valence-corrected chi connectivity index (χ0v) is 20.0. The van der Waals surface area contributed by atoms with E-state index in [2.05, 4.69) is 68.0 Å². The van der Waals surface area contributed by atoms with Gasteiger partial charge in [-0.05, 0) is 50.5 Å². The van der Waals surface area contributed by atoms with Crippen molar-refractivity contribution in [3.05, 3.63) is 58.5 Å². The second kappa shape index (κ2) is 6.92. The lowest BCUT2D eigenvalue weighted by atomic mass is 10.1. The van der Waals surface area contributed by atoms with Gasteiger partial charge in [0, 0.05) is 31.9 Å². The average Bonchev–Trinajstić information content (AvgIpc) is 3.67. The summed E-state index contributed by atoms with van der Waals surface area (Å²) in [5.41, 5.74) is 9.86. The molecule has 0 saturated heterocycles. The first-order chi connectivity index (χ1) is 15.4. The van der Waals surface area contributed by atoms with Gasteiger partial charge in [-0.15, -0.1) is 0 Å². The molecule has 0 unspecified atom stereocenters. The van der Waals surface area contributed by atoms with Gasteiger partial charge < -0.3 is 4.48 Å². The van der Waals surface area contributed by atoms with Crippen molar-refractivity contribution in [2.24, 2.45) is 0 Å². The van der Waals surface area contributed by atoms with Crippen LogP contribution in [-0.4, -0.2) is 42.6 Å². The Labute approximate surface area is 190 Å². The van der Waals surface area contributed by atoms with E-state index in [0.29, 0.717) is 0 Å². The topological polar surface area (TPSA) is 35.1 Å². The normalized spacial score (nSPS) is 17.0. The second-order valence-electron chi connectivity index (χ2n) is 10.4. The van der Waals surface area contributed by atoms with E-state index in [-0.39, 0.29) is 0 Å². The Morgan fingerprint density at radius 2 is 1.69 bits per heavy atom. The molecule has 4 aromatic rings. The van der Waals surface area contributed by atoms with Crippen molar-refractivity contribution in [1.82, 2.24) is 18.9 Å². The molecule has 0 atom stereocenters. The minimum atomic E-state index is 0.825. The van der Waals surface area contributed by atoms with Crippen molar-refractivity contribution in [3.63, 3.8) is 0 Å². The summed E-state index contributed by atoms with van der Waals surface area (Å²) in [6, 6.07) is 10.5. The first kappa shape index (κ1) is 20.0. The zero-order chi connectivity index (χ0) is 22.2. The number of nitrogens with zero attached hydrogens (tertiary/aromatic N) is 5. The van der Waals surface area contributed by atoms with Gasteiger partial charge in [-0.2, -0.15) is 0 Å². The molecule has 2 fully saturated rings. The predicted molar refractivity (Wildman–Crippen MR) is 129 cm³/mol. The van der Waals surface area contributed by atoms with Crippen LogP contribution < -0.4 is 0 Å². The monoisotopic (exact) mass is 428 g/mol. The number of benzene rings is 1. The molecule has 0 radical (unpaired) electrons. The number of fused-ring (bicyclic) bond motifs is 3. The SMILES string of the molecule is CCc1nc2n(-c3c(C)cc(C)cc3C)c3ncccc3n2c1C[N+](C)(C1CC1)C1CC1. The van der Waals surface area contributed by atoms with Gasteiger partial charge in [-0.1, -0.05) is 24.6 Å². The van der Waals surface area contributed by atoms with E-state index in [1.54, 1.807) is 0 Å². The number of pyridine rings is 1. The fraction of sp³-hybridized carbons (Fsp3) is 0.481. The van der Waals surface area contributed by atoms with Crippen molar-refractivity contribution >= 4 is 16.9 Å². The third-order valence-electron chi connectivity index (χ3n) is 7.90. The predicted octanol–water partition coefficient (Wildman–Crippen LogP) is 5.43. The quantitative estimate of drug-likeness (QED) is 0.384. The lowest BCUT2D eigenvalue weighted by Crippen LogP contribution is -2.47. The van der Waals surface area contributed by atoms with E-state index in [0.717, 1.165) is 36.5 Å². The highest BCUT2D eigenvalue weighted by Gasteiger charge is 2.52. The van der Waals surface area contributed by atoms with Crippen molar-refractivity contribution < 1.29 is 4.48 Å². The van der Waals surface area contributed by atoms with Gasteiger partial charge >= 0.3 is 0 Å². The molecule has 0 amide bonds. The lowest BCUT2D eigenvalue weighted by molar-refractivity contribution is -0.943. The average molecular weight is 429 g/mol. The lowest BCUT2D eigenvalue weighted by Gasteiger charge is -2.35. The number of aromatic nitrogens is 4. The van der Waals surface area contributed by atoms with Crippen LogP contribution in [0.15, 0.2) is 30.5 Å². The van der Waals surface area contributed by atoms with Crippen LogP contribution in [0.5, 0.6) is 0 Å². The molecule has 2 aliphatic rings. The van der Waals surface area contributed by atoms with Gasteiger partial charge in [0.1, 0.15) is 12.2 Å². The largest absolute Gasteiger partial charge is 0.316 e. The second-order valence-corrected chi connectivity index (χ2v) is 10.4. The van der Waals surface area contributed by atoms with Crippen molar-refractivity contribution in [1.29, 1.82) is 0 Å². The number of rotatable bonds is 6. The van der Waals surface area contributed by atoms with Gasteiger partial charge in [0.05, 0.1) is 36.0 Å². The Morgan fingerprint density at radius 3 is 2.28 bits per heavy atom. The maximum atomic E-state index is 5.27. The van der Waals surface area contributed by atoms with Crippen molar-refractivity contribution in [2.45, 2.75) is 78.4 Å². The van der Waals surface area contributed by atoms with Crippen LogP contribution >= 0.6 is 0 Å². The molecule has 0 aliphatic heterocycles. The summed E-state index contributed by atoms with van der Waals surface area (Å²) in [5, 5.41) is 0. The maximum Gasteiger partial charge on any atom is 0.221 e. The van der Waals surface area contributed by atoms with Gasteiger partial charge in [-0.3, -0.25) is 8.97 Å². The number of imidazole rings is 2. The third-order valence-corrected chi connectivity index (χ3v) is 7.90. The van der Waals surface area contributed by atoms with E-state index in [1.807, 2.05) is 6.20 Å². The molecule has 6 rings (SSSR count). The van der Waals surface area contributed by atoms with Gasteiger partial charge in [0.2, 0.25) is 5.78 Å². The molecular weight excluding hydrogens is 394 g/mol. The minimum absolute atomic E-state index is 0.825. The van der Waals surface area contributed by atoms with Crippen LogP contribution in [0.25, 0.3) is 22.6 Å². The molecular formula is C27H34N5+. The summed E-state index contributed by atoms with van der Waals surface area (Å²) in [4.78, 5) is 10.1. The van der Waals surface area contributed by atoms with Crippen LogP contribution in [-0.2, 0) is 13.0 Å². The molecule has 5 heteroatoms. The van der Waals surface area contributed by atoms with Gasteiger partial charge in [0.15, 0.2) is 5.65 Å². The Bertz CT molecular complexity index is 1310. The number of aryl methyl sites for hydroxylation is 4. The van der Waals surface area contributed by atoms with Crippen molar-refractivity contribution in [2.75, 3.05) is 7.05 Å².